The van der Waals surface area contributed by atoms with E-state index in [4.69, 9.17) is 31.2 Å². The third-order valence-electron chi connectivity index (χ3n) is 3.76. The van der Waals surface area contributed by atoms with Crippen molar-refractivity contribution >= 4 is 11.6 Å². The van der Waals surface area contributed by atoms with Gasteiger partial charge in [0.15, 0.2) is 11.5 Å². The third-order valence-corrected chi connectivity index (χ3v) is 4.04. The molecule has 0 fully saturated rings. The van der Waals surface area contributed by atoms with Gasteiger partial charge in [0.1, 0.15) is 12.4 Å². The van der Waals surface area contributed by atoms with Crippen molar-refractivity contribution in [3.63, 3.8) is 0 Å². The molecule has 3 aromatic rings. The normalized spacial score (nSPS) is 12.0. The van der Waals surface area contributed by atoms with E-state index >= 15 is 0 Å². The third kappa shape index (κ3) is 4.32. The minimum atomic E-state index is -0.252. The minimum absolute atomic E-state index is 0.252. The fourth-order valence-electron chi connectivity index (χ4n) is 2.53. The van der Waals surface area contributed by atoms with Gasteiger partial charge >= 0.3 is 0 Å². The molecule has 0 aliphatic rings. The Morgan fingerprint density at radius 2 is 2.12 bits per heavy atom. The molecule has 25 heavy (non-hydrogen) atoms. The number of rotatable bonds is 7. The van der Waals surface area contributed by atoms with E-state index in [1.54, 1.807) is 25.8 Å². The molecule has 2 aromatic heterocycles. The molecule has 0 amide bonds. The fraction of sp³-hybridized carbons (Fsp3) is 0.211. The van der Waals surface area contributed by atoms with E-state index in [0.717, 1.165) is 16.9 Å². The van der Waals surface area contributed by atoms with Crippen LogP contribution in [-0.2, 0) is 13.0 Å². The SMILES string of the molecule is COc1cc(CC(N)c2ccco2)cc(Cl)c1OCc1cccnc1. The first-order valence-electron chi connectivity index (χ1n) is 7.84. The molecule has 1 atom stereocenters. The van der Waals surface area contributed by atoms with Gasteiger partial charge in [-0.2, -0.15) is 0 Å². The van der Waals surface area contributed by atoms with Gasteiger partial charge in [-0.1, -0.05) is 17.7 Å². The number of hydrogen-bond acceptors (Lipinski definition) is 5. The zero-order valence-electron chi connectivity index (χ0n) is 13.8. The Kier molecular flexibility index (Phi) is 5.58. The van der Waals surface area contributed by atoms with Crippen LogP contribution in [0.4, 0.5) is 0 Å². The van der Waals surface area contributed by atoms with Crippen LogP contribution >= 0.6 is 11.6 Å². The molecule has 2 heterocycles. The Balaban J connectivity index is 1.76. The van der Waals surface area contributed by atoms with Crippen molar-refractivity contribution in [1.82, 2.24) is 4.98 Å². The summed E-state index contributed by atoms with van der Waals surface area (Å²) in [5.74, 6) is 1.80. The average Bonchev–Trinajstić information content (AvgIpc) is 3.16. The maximum absolute atomic E-state index is 6.40. The molecular formula is C19H19ClN2O3. The topological polar surface area (TPSA) is 70.5 Å². The van der Waals surface area contributed by atoms with Gasteiger partial charge in [-0.15, -0.1) is 0 Å². The van der Waals surface area contributed by atoms with Crippen LogP contribution in [0.5, 0.6) is 11.5 Å². The number of nitrogens with zero attached hydrogens (tertiary/aromatic N) is 1. The van der Waals surface area contributed by atoms with E-state index in [0.29, 0.717) is 29.5 Å². The number of benzene rings is 1. The van der Waals surface area contributed by atoms with Crippen molar-refractivity contribution in [3.8, 4) is 11.5 Å². The first-order chi connectivity index (χ1) is 12.2. The molecule has 0 aliphatic carbocycles. The molecule has 6 heteroatoms. The number of furan rings is 1. The van der Waals surface area contributed by atoms with Gasteiger partial charge in [-0.3, -0.25) is 4.98 Å². The van der Waals surface area contributed by atoms with Crippen LogP contribution in [0.15, 0.2) is 59.5 Å². The number of ether oxygens (including phenoxy) is 2. The van der Waals surface area contributed by atoms with Crippen molar-refractivity contribution < 1.29 is 13.9 Å². The zero-order chi connectivity index (χ0) is 17.6. The predicted octanol–water partition coefficient (Wildman–Crippen LogP) is 4.16. The molecular weight excluding hydrogens is 340 g/mol. The number of pyridine rings is 1. The Labute approximate surface area is 151 Å². The molecule has 0 spiro atoms. The summed E-state index contributed by atoms with van der Waals surface area (Å²) in [6.45, 7) is 0.356. The van der Waals surface area contributed by atoms with Crippen molar-refractivity contribution in [2.75, 3.05) is 7.11 Å². The highest BCUT2D eigenvalue weighted by atomic mass is 35.5. The van der Waals surface area contributed by atoms with Crippen LogP contribution in [0, 0.1) is 0 Å². The van der Waals surface area contributed by atoms with E-state index in [-0.39, 0.29) is 6.04 Å². The second-order valence-electron chi connectivity index (χ2n) is 5.59. The van der Waals surface area contributed by atoms with Crippen LogP contribution in [0.1, 0.15) is 22.9 Å². The molecule has 0 saturated carbocycles. The summed E-state index contributed by atoms with van der Waals surface area (Å²) < 4.78 is 16.6. The second kappa shape index (κ2) is 8.05. The summed E-state index contributed by atoms with van der Waals surface area (Å²) >= 11 is 6.40. The van der Waals surface area contributed by atoms with Gasteiger partial charge in [0.25, 0.3) is 0 Å². The molecule has 0 bridgehead atoms. The second-order valence-corrected chi connectivity index (χ2v) is 5.99. The van der Waals surface area contributed by atoms with Crippen molar-refractivity contribution in [1.29, 1.82) is 0 Å². The van der Waals surface area contributed by atoms with Crippen molar-refractivity contribution in [2.45, 2.75) is 19.1 Å². The number of nitrogens with two attached hydrogens (primary N) is 1. The van der Waals surface area contributed by atoms with E-state index in [9.17, 15) is 0 Å². The Morgan fingerprint density at radius 1 is 1.24 bits per heavy atom. The summed E-state index contributed by atoms with van der Waals surface area (Å²) in [6.07, 6.45) is 5.65. The minimum Gasteiger partial charge on any atom is -0.493 e. The fourth-order valence-corrected chi connectivity index (χ4v) is 2.81. The lowest BCUT2D eigenvalue weighted by molar-refractivity contribution is 0.284. The van der Waals surface area contributed by atoms with Gasteiger partial charge in [-0.25, -0.2) is 0 Å². The molecule has 130 valence electrons. The highest BCUT2D eigenvalue weighted by molar-refractivity contribution is 6.32. The smallest absolute Gasteiger partial charge is 0.180 e. The van der Waals surface area contributed by atoms with E-state index in [1.807, 2.05) is 36.4 Å². The largest absolute Gasteiger partial charge is 0.493 e. The summed E-state index contributed by atoms with van der Waals surface area (Å²) in [5.41, 5.74) is 8.06. The lowest BCUT2D eigenvalue weighted by atomic mass is 10.0. The lowest BCUT2D eigenvalue weighted by Crippen LogP contribution is -2.12. The quantitative estimate of drug-likeness (QED) is 0.686. The highest BCUT2D eigenvalue weighted by Gasteiger charge is 2.16. The lowest BCUT2D eigenvalue weighted by Gasteiger charge is -2.15. The van der Waals surface area contributed by atoms with E-state index in [1.165, 1.54) is 0 Å². The predicted molar refractivity (Wildman–Crippen MR) is 95.9 cm³/mol. The Bertz CT molecular complexity index is 807. The zero-order valence-corrected chi connectivity index (χ0v) is 14.6. The summed E-state index contributed by atoms with van der Waals surface area (Å²) in [6, 6.07) is 10.9. The molecule has 3 rings (SSSR count). The maximum atomic E-state index is 6.40. The number of hydrogen-bond donors (Lipinski definition) is 1. The monoisotopic (exact) mass is 358 g/mol. The maximum Gasteiger partial charge on any atom is 0.180 e. The summed E-state index contributed by atoms with van der Waals surface area (Å²) in [4.78, 5) is 4.07. The Morgan fingerprint density at radius 3 is 2.80 bits per heavy atom. The number of methoxy groups -OCH3 is 1. The van der Waals surface area contributed by atoms with Gasteiger partial charge < -0.3 is 19.6 Å². The molecule has 1 aromatic carbocycles. The number of aromatic nitrogens is 1. The van der Waals surface area contributed by atoms with E-state index in [2.05, 4.69) is 4.98 Å². The van der Waals surface area contributed by atoms with Gasteiger partial charge in [0.05, 0.1) is 24.4 Å². The summed E-state index contributed by atoms with van der Waals surface area (Å²) in [5, 5.41) is 0.477. The number of halogens is 1. The van der Waals surface area contributed by atoms with Gasteiger partial charge in [-0.05, 0) is 42.3 Å². The molecule has 0 saturated heterocycles. The summed E-state index contributed by atoms with van der Waals surface area (Å²) in [7, 11) is 1.58. The first kappa shape index (κ1) is 17.3. The van der Waals surface area contributed by atoms with Crippen LogP contribution in [0.25, 0.3) is 0 Å². The van der Waals surface area contributed by atoms with Crippen LogP contribution in [0.2, 0.25) is 5.02 Å². The van der Waals surface area contributed by atoms with Crippen molar-refractivity contribution in [3.05, 3.63) is 77.0 Å². The Hall–Kier alpha value is -2.50. The van der Waals surface area contributed by atoms with Crippen LogP contribution < -0.4 is 15.2 Å². The van der Waals surface area contributed by atoms with Gasteiger partial charge in [0.2, 0.25) is 0 Å². The highest BCUT2D eigenvalue weighted by Crippen LogP contribution is 2.37. The average molecular weight is 359 g/mol. The molecule has 1 unspecified atom stereocenters. The van der Waals surface area contributed by atoms with Gasteiger partial charge in [0, 0.05) is 18.0 Å². The van der Waals surface area contributed by atoms with E-state index < -0.39 is 0 Å². The molecule has 0 aliphatic heterocycles. The molecule has 0 radical (unpaired) electrons. The molecule has 2 N–H and O–H groups in total. The van der Waals surface area contributed by atoms with Crippen LogP contribution in [-0.4, -0.2) is 12.1 Å². The molecule has 5 nitrogen and oxygen atoms in total. The first-order valence-corrected chi connectivity index (χ1v) is 8.22. The standard InChI is InChI=1S/C19H19ClN2O3/c1-23-18-10-14(9-16(21)17-5-3-7-24-17)8-15(20)19(18)25-12-13-4-2-6-22-11-13/h2-8,10-11,16H,9,12,21H2,1H3. The van der Waals surface area contributed by atoms with Crippen LogP contribution in [0.3, 0.4) is 0 Å². The van der Waals surface area contributed by atoms with Crippen molar-refractivity contribution in [2.24, 2.45) is 5.73 Å².